The number of likely N-dealkylation sites (N-methyl/N-ethyl adjacent to an activating group) is 1. The molecule has 0 bridgehead atoms. The highest BCUT2D eigenvalue weighted by Crippen LogP contribution is 2.00. The quantitative estimate of drug-likeness (QED) is 0.378. The highest BCUT2D eigenvalue weighted by Gasteiger charge is 2.18. The van der Waals surface area contributed by atoms with Crippen molar-refractivity contribution in [2.45, 2.75) is 0 Å². The van der Waals surface area contributed by atoms with E-state index in [2.05, 4.69) is 14.1 Å². The lowest BCUT2D eigenvalue weighted by atomic mass is 10.4. The van der Waals surface area contributed by atoms with Crippen molar-refractivity contribution in [1.29, 1.82) is 0 Å². The first-order chi connectivity index (χ1) is 3.71. The van der Waals surface area contributed by atoms with Gasteiger partial charge in [-0.1, -0.05) is 0 Å². The minimum Gasteiger partial charge on any atom is -1.00 e. The molecule has 3 heteroatoms. The van der Waals surface area contributed by atoms with Crippen molar-refractivity contribution >= 4 is 0 Å². The highest BCUT2D eigenvalue weighted by molar-refractivity contribution is 4.40. The molecule has 2 nitrogen and oxygen atoms in total. The smallest absolute Gasteiger partial charge is 0.102 e. The third-order valence-corrected chi connectivity index (χ3v) is 1.68. The van der Waals surface area contributed by atoms with Crippen LogP contribution in [-0.2, 0) is 4.74 Å². The van der Waals surface area contributed by atoms with E-state index < -0.39 is 0 Å². The monoisotopic (exact) mass is 195 g/mol. The van der Waals surface area contributed by atoms with Gasteiger partial charge in [0.25, 0.3) is 0 Å². The van der Waals surface area contributed by atoms with E-state index in [1.165, 1.54) is 13.1 Å². The molecule has 1 aliphatic rings. The third kappa shape index (κ3) is 3.18. The molecule has 1 saturated heterocycles. The number of morpholine rings is 1. The minimum atomic E-state index is 0. The van der Waals surface area contributed by atoms with E-state index in [4.69, 9.17) is 4.74 Å². The Bertz CT molecular complexity index is 77.1. The van der Waals surface area contributed by atoms with E-state index in [9.17, 15) is 0 Å². The zero-order valence-electron chi connectivity index (χ0n) is 6.06. The molecule has 0 N–H and O–H groups in total. The van der Waals surface area contributed by atoms with E-state index in [0.717, 1.165) is 17.7 Å². The second-order valence-corrected chi connectivity index (χ2v) is 3.00. The number of hydrogen-bond donors (Lipinski definition) is 0. The SMILES string of the molecule is C[N+]1(C)CCOCC1.[Br-]. The molecule has 0 saturated carbocycles. The van der Waals surface area contributed by atoms with Crippen LogP contribution in [0.25, 0.3) is 0 Å². The van der Waals surface area contributed by atoms with Crippen molar-refractivity contribution in [3.63, 3.8) is 0 Å². The van der Waals surface area contributed by atoms with Crippen molar-refractivity contribution in [1.82, 2.24) is 0 Å². The molecule has 1 fully saturated rings. The Morgan fingerprint density at radius 2 is 1.56 bits per heavy atom. The van der Waals surface area contributed by atoms with E-state index in [0.29, 0.717) is 0 Å². The summed E-state index contributed by atoms with van der Waals surface area (Å²) < 4.78 is 6.31. The van der Waals surface area contributed by atoms with Crippen LogP contribution in [0.1, 0.15) is 0 Å². The van der Waals surface area contributed by atoms with Crippen molar-refractivity contribution in [3.05, 3.63) is 0 Å². The van der Waals surface area contributed by atoms with Crippen LogP contribution in [-0.4, -0.2) is 44.9 Å². The Balaban J connectivity index is 0.000000640. The predicted octanol–water partition coefficient (Wildman–Crippen LogP) is -2.90. The normalized spacial score (nSPS) is 24.7. The lowest BCUT2D eigenvalue weighted by Crippen LogP contribution is -3.00. The Hall–Kier alpha value is 0.400. The number of halogens is 1. The van der Waals surface area contributed by atoms with Gasteiger partial charge in [-0.2, -0.15) is 0 Å². The summed E-state index contributed by atoms with van der Waals surface area (Å²) in [5, 5.41) is 0. The van der Waals surface area contributed by atoms with Crippen LogP contribution in [0, 0.1) is 0 Å². The number of nitrogens with zero attached hydrogens (tertiary/aromatic N) is 1. The molecule has 0 radical (unpaired) electrons. The summed E-state index contributed by atoms with van der Waals surface area (Å²) in [5.41, 5.74) is 0. The zero-order valence-corrected chi connectivity index (χ0v) is 7.65. The molecule has 1 aliphatic heterocycles. The fourth-order valence-corrected chi connectivity index (χ4v) is 0.837. The first-order valence-electron chi connectivity index (χ1n) is 3.10. The number of hydrogen-bond acceptors (Lipinski definition) is 1. The first kappa shape index (κ1) is 9.40. The number of quaternary nitrogens is 1. The summed E-state index contributed by atoms with van der Waals surface area (Å²) in [5.74, 6) is 0. The Morgan fingerprint density at radius 1 is 1.11 bits per heavy atom. The van der Waals surface area contributed by atoms with Gasteiger partial charge in [0, 0.05) is 0 Å². The standard InChI is InChI=1S/C6H14NO.BrH/c1-7(2)3-5-8-6-4-7;/h3-6H2,1-2H3;1H/q+1;/p-1. The Kier molecular flexibility index (Phi) is 3.70. The summed E-state index contributed by atoms with van der Waals surface area (Å²) in [4.78, 5) is 0. The Morgan fingerprint density at radius 3 is 1.78 bits per heavy atom. The second kappa shape index (κ2) is 3.54. The maximum atomic E-state index is 5.19. The molecule has 9 heavy (non-hydrogen) atoms. The predicted molar refractivity (Wildman–Crippen MR) is 32.7 cm³/mol. The number of ether oxygens (including phenoxy) is 1. The average Bonchev–Trinajstić information content (AvgIpc) is 1.65. The molecule has 0 atom stereocenters. The fraction of sp³-hybridized carbons (Fsp3) is 1.00. The molecule has 0 aromatic rings. The molecule has 0 aliphatic carbocycles. The van der Waals surface area contributed by atoms with Crippen LogP contribution in [0.15, 0.2) is 0 Å². The van der Waals surface area contributed by atoms with Crippen molar-refractivity contribution in [3.8, 4) is 0 Å². The van der Waals surface area contributed by atoms with Gasteiger partial charge in [-0.05, 0) is 0 Å². The summed E-state index contributed by atoms with van der Waals surface area (Å²) in [7, 11) is 4.48. The van der Waals surface area contributed by atoms with Crippen LogP contribution in [0.3, 0.4) is 0 Å². The molecule has 0 spiro atoms. The highest BCUT2D eigenvalue weighted by atomic mass is 79.9. The van der Waals surface area contributed by atoms with Gasteiger partial charge in [-0.15, -0.1) is 0 Å². The van der Waals surface area contributed by atoms with Crippen molar-refractivity contribution in [2.24, 2.45) is 0 Å². The maximum absolute atomic E-state index is 5.19. The summed E-state index contributed by atoms with van der Waals surface area (Å²) >= 11 is 0. The van der Waals surface area contributed by atoms with Gasteiger partial charge in [0.1, 0.15) is 13.1 Å². The number of rotatable bonds is 0. The molecular weight excluding hydrogens is 182 g/mol. The van der Waals surface area contributed by atoms with Gasteiger partial charge in [0.15, 0.2) is 0 Å². The lowest BCUT2D eigenvalue weighted by Gasteiger charge is -2.33. The first-order valence-corrected chi connectivity index (χ1v) is 3.10. The molecular formula is C6H14BrNO. The zero-order chi connectivity index (χ0) is 6.04. The van der Waals surface area contributed by atoms with Gasteiger partial charge in [-0.3, -0.25) is 0 Å². The average molecular weight is 196 g/mol. The van der Waals surface area contributed by atoms with Crippen LogP contribution >= 0.6 is 0 Å². The van der Waals surface area contributed by atoms with Gasteiger partial charge in [0.2, 0.25) is 0 Å². The third-order valence-electron chi connectivity index (χ3n) is 1.68. The van der Waals surface area contributed by atoms with Crippen LogP contribution < -0.4 is 17.0 Å². The second-order valence-electron chi connectivity index (χ2n) is 3.00. The molecule has 0 aromatic carbocycles. The van der Waals surface area contributed by atoms with Gasteiger partial charge >= 0.3 is 0 Å². The largest absolute Gasteiger partial charge is 1.00 e. The molecule has 0 amide bonds. The summed E-state index contributed by atoms with van der Waals surface area (Å²) in [6.45, 7) is 4.21. The topological polar surface area (TPSA) is 9.23 Å². The van der Waals surface area contributed by atoms with Crippen LogP contribution in [0.5, 0.6) is 0 Å². The summed E-state index contributed by atoms with van der Waals surface area (Å²) in [6.07, 6.45) is 0. The fourth-order valence-electron chi connectivity index (χ4n) is 0.837. The van der Waals surface area contributed by atoms with Crippen LogP contribution in [0.4, 0.5) is 0 Å². The molecule has 1 heterocycles. The van der Waals surface area contributed by atoms with E-state index in [1.807, 2.05) is 0 Å². The Labute approximate surface area is 67.2 Å². The van der Waals surface area contributed by atoms with Gasteiger partial charge in [-0.25, -0.2) is 0 Å². The molecule has 56 valence electrons. The van der Waals surface area contributed by atoms with Crippen LogP contribution in [0.2, 0.25) is 0 Å². The maximum Gasteiger partial charge on any atom is 0.102 e. The van der Waals surface area contributed by atoms with Crippen molar-refractivity contribution < 1.29 is 26.2 Å². The molecule has 1 rings (SSSR count). The van der Waals surface area contributed by atoms with Gasteiger partial charge in [0.05, 0.1) is 27.3 Å². The minimum absolute atomic E-state index is 0. The van der Waals surface area contributed by atoms with E-state index in [-0.39, 0.29) is 17.0 Å². The van der Waals surface area contributed by atoms with E-state index >= 15 is 0 Å². The lowest BCUT2D eigenvalue weighted by molar-refractivity contribution is -0.898. The summed E-state index contributed by atoms with van der Waals surface area (Å²) in [6, 6.07) is 0. The van der Waals surface area contributed by atoms with E-state index in [1.54, 1.807) is 0 Å². The van der Waals surface area contributed by atoms with Crippen molar-refractivity contribution in [2.75, 3.05) is 40.4 Å². The van der Waals surface area contributed by atoms with Gasteiger partial charge < -0.3 is 26.2 Å². The molecule has 0 aromatic heterocycles. The molecule has 0 unspecified atom stereocenters.